The Morgan fingerprint density at radius 2 is 2.18 bits per heavy atom. The lowest BCUT2D eigenvalue weighted by molar-refractivity contribution is 0.0993. The van der Waals surface area contributed by atoms with Crippen molar-refractivity contribution in [2.75, 3.05) is 11.9 Å². The van der Waals surface area contributed by atoms with E-state index in [0.717, 1.165) is 3.79 Å². The molecule has 1 aromatic heterocycles. The van der Waals surface area contributed by atoms with Gasteiger partial charge in [-0.05, 0) is 40.2 Å². The summed E-state index contributed by atoms with van der Waals surface area (Å²) < 4.78 is 14.0. The van der Waals surface area contributed by atoms with E-state index in [9.17, 15) is 9.18 Å². The van der Waals surface area contributed by atoms with Crippen LogP contribution in [-0.4, -0.2) is 13.0 Å². The van der Waals surface area contributed by atoms with E-state index in [1.165, 1.54) is 28.4 Å². The predicted molar refractivity (Wildman–Crippen MR) is 71.2 cm³/mol. The molecule has 2 nitrogen and oxygen atoms in total. The molecule has 1 heterocycles. The Hall–Kier alpha value is -1.20. The van der Waals surface area contributed by atoms with Crippen LogP contribution < -0.4 is 4.90 Å². The number of benzene rings is 1. The highest BCUT2D eigenvalue weighted by Crippen LogP contribution is 2.23. The molecular formula is C12H9BrFNOS. The van der Waals surface area contributed by atoms with Gasteiger partial charge in [0.1, 0.15) is 5.82 Å². The summed E-state index contributed by atoms with van der Waals surface area (Å²) in [7, 11) is 1.63. The van der Waals surface area contributed by atoms with E-state index in [0.29, 0.717) is 11.3 Å². The van der Waals surface area contributed by atoms with Crippen molar-refractivity contribution in [3.8, 4) is 0 Å². The predicted octanol–water partition coefficient (Wildman–Crippen LogP) is 3.93. The molecule has 17 heavy (non-hydrogen) atoms. The molecular weight excluding hydrogens is 305 g/mol. The van der Waals surface area contributed by atoms with Crippen molar-refractivity contribution in [2.24, 2.45) is 0 Å². The second-order valence-corrected chi connectivity index (χ2v) is 5.77. The molecule has 88 valence electrons. The van der Waals surface area contributed by atoms with Gasteiger partial charge in [0.15, 0.2) is 0 Å². The van der Waals surface area contributed by atoms with Gasteiger partial charge in [-0.3, -0.25) is 4.79 Å². The van der Waals surface area contributed by atoms with Crippen LogP contribution in [0, 0.1) is 5.82 Å². The monoisotopic (exact) mass is 313 g/mol. The molecule has 0 saturated carbocycles. The Morgan fingerprint density at radius 1 is 1.41 bits per heavy atom. The SMILES string of the molecule is CN(C(=O)c1csc(Br)c1)c1cccc(F)c1. The van der Waals surface area contributed by atoms with Crippen LogP contribution in [0.2, 0.25) is 0 Å². The van der Waals surface area contributed by atoms with E-state index < -0.39 is 0 Å². The van der Waals surface area contributed by atoms with Crippen molar-refractivity contribution in [2.45, 2.75) is 0 Å². The van der Waals surface area contributed by atoms with Gasteiger partial charge in [0.2, 0.25) is 0 Å². The maximum absolute atomic E-state index is 13.1. The number of amides is 1. The van der Waals surface area contributed by atoms with Crippen molar-refractivity contribution in [3.63, 3.8) is 0 Å². The number of carbonyl (C=O) groups is 1. The smallest absolute Gasteiger partial charge is 0.258 e. The van der Waals surface area contributed by atoms with Crippen molar-refractivity contribution >= 4 is 38.9 Å². The Labute approximate surface area is 111 Å². The number of anilines is 1. The molecule has 2 rings (SSSR count). The van der Waals surface area contributed by atoms with E-state index in [1.807, 2.05) is 0 Å². The van der Waals surface area contributed by atoms with Gasteiger partial charge in [0.25, 0.3) is 5.91 Å². The zero-order chi connectivity index (χ0) is 12.4. The van der Waals surface area contributed by atoms with Gasteiger partial charge < -0.3 is 4.90 Å². The minimum atomic E-state index is -0.353. The van der Waals surface area contributed by atoms with Crippen molar-refractivity contribution in [1.82, 2.24) is 0 Å². The van der Waals surface area contributed by atoms with Crippen LogP contribution in [0.5, 0.6) is 0 Å². The first-order chi connectivity index (χ1) is 8.08. The molecule has 5 heteroatoms. The van der Waals surface area contributed by atoms with Crippen molar-refractivity contribution in [3.05, 3.63) is 50.9 Å². The zero-order valence-electron chi connectivity index (χ0n) is 8.98. The van der Waals surface area contributed by atoms with Gasteiger partial charge >= 0.3 is 0 Å². The van der Waals surface area contributed by atoms with Gasteiger partial charge in [0, 0.05) is 18.1 Å². The van der Waals surface area contributed by atoms with Crippen LogP contribution >= 0.6 is 27.3 Å². The van der Waals surface area contributed by atoms with Gasteiger partial charge in [-0.25, -0.2) is 4.39 Å². The Balaban J connectivity index is 2.26. The molecule has 0 bridgehead atoms. The highest BCUT2D eigenvalue weighted by Gasteiger charge is 2.15. The Bertz CT molecular complexity index is 555. The molecule has 0 atom stereocenters. The Kier molecular flexibility index (Phi) is 3.59. The van der Waals surface area contributed by atoms with Crippen LogP contribution in [0.15, 0.2) is 39.5 Å². The number of carbonyl (C=O) groups excluding carboxylic acids is 1. The molecule has 0 aliphatic heterocycles. The summed E-state index contributed by atoms with van der Waals surface area (Å²) in [6.45, 7) is 0. The molecule has 0 saturated heterocycles. The van der Waals surface area contributed by atoms with Crippen molar-refractivity contribution in [1.29, 1.82) is 0 Å². The molecule has 2 aromatic rings. The third-order valence-corrected chi connectivity index (χ3v) is 3.82. The van der Waals surface area contributed by atoms with E-state index >= 15 is 0 Å². The first-order valence-electron chi connectivity index (χ1n) is 4.85. The summed E-state index contributed by atoms with van der Waals surface area (Å²) in [5, 5.41) is 1.77. The van der Waals surface area contributed by atoms with Crippen LogP contribution in [0.25, 0.3) is 0 Å². The van der Waals surface area contributed by atoms with Gasteiger partial charge in [-0.15, -0.1) is 11.3 Å². The third kappa shape index (κ3) is 2.73. The molecule has 0 aliphatic rings. The fraction of sp³-hybridized carbons (Fsp3) is 0.0833. The molecule has 0 aliphatic carbocycles. The number of nitrogens with zero attached hydrogens (tertiary/aromatic N) is 1. The van der Waals surface area contributed by atoms with Gasteiger partial charge in [0.05, 0.1) is 9.35 Å². The highest BCUT2D eigenvalue weighted by molar-refractivity contribution is 9.11. The number of rotatable bonds is 2. The normalized spacial score (nSPS) is 10.3. The van der Waals surface area contributed by atoms with Crippen LogP contribution in [0.3, 0.4) is 0 Å². The van der Waals surface area contributed by atoms with Crippen molar-refractivity contribution < 1.29 is 9.18 Å². The summed E-state index contributed by atoms with van der Waals surface area (Å²) >= 11 is 4.75. The number of hydrogen-bond acceptors (Lipinski definition) is 2. The summed E-state index contributed by atoms with van der Waals surface area (Å²) in [6.07, 6.45) is 0. The number of hydrogen-bond donors (Lipinski definition) is 0. The minimum absolute atomic E-state index is 0.155. The summed E-state index contributed by atoms with van der Waals surface area (Å²) in [6, 6.07) is 7.71. The molecule has 0 radical (unpaired) electrons. The summed E-state index contributed by atoms with van der Waals surface area (Å²) in [5.41, 5.74) is 1.13. The second kappa shape index (κ2) is 4.98. The maximum Gasteiger partial charge on any atom is 0.258 e. The van der Waals surface area contributed by atoms with Crippen LogP contribution in [0.4, 0.5) is 10.1 Å². The lowest BCUT2D eigenvalue weighted by Crippen LogP contribution is -2.25. The van der Waals surface area contributed by atoms with Gasteiger partial charge in [-0.2, -0.15) is 0 Å². The molecule has 1 amide bonds. The Morgan fingerprint density at radius 3 is 2.76 bits per heavy atom. The van der Waals surface area contributed by atoms with Gasteiger partial charge in [-0.1, -0.05) is 6.07 Å². The fourth-order valence-corrected chi connectivity index (χ4v) is 2.55. The third-order valence-electron chi connectivity index (χ3n) is 2.31. The molecule has 0 N–H and O–H groups in total. The standard InChI is InChI=1S/C12H9BrFNOS/c1-15(10-4-2-3-9(14)6-10)12(16)8-5-11(13)17-7-8/h2-7H,1H3. The lowest BCUT2D eigenvalue weighted by atomic mass is 10.2. The maximum atomic E-state index is 13.1. The largest absolute Gasteiger partial charge is 0.311 e. The van der Waals surface area contributed by atoms with E-state index in [-0.39, 0.29) is 11.7 Å². The average molecular weight is 314 g/mol. The first kappa shape index (κ1) is 12.3. The summed E-state index contributed by atoms with van der Waals surface area (Å²) in [4.78, 5) is 13.5. The molecule has 1 aromatic carbocycles. The molecule has 0 unspecified atom stereocenters. The van der Waals surface area contributed by atoms with Crippen LogP contribution in [-0.2, 0) is 0 Å². The highest BCUT2D eigenvalue weighted by atomic mass is 79.9. The van der Waals surface area contributed by atoms with E-state index in [2.05, 4.69) is 15.9 Å². The van der Waals surface area contributed by atoms with Crippen LogP contribution in [0.1, 0.15) is 10.4 Å². The lowest BCUT2D eigenvalue weighted by Gasteiger charge is -2.16. The topological polar surface area (TPSA) is 20.3 Å². The fourth-order valence-electron chi connectivity index (χ4n) is 1.42. The van der Waals surface area contributed by atoms with E-state index in [1.54, 1.807) is 30.6 Å². The molecule has 0 spiro atoms. The quantitative estimate of drug-likeness (QED) is 0.822. The summed E-state index contributed by atoms with van der Waals surface area (Å²) in [5.74, 6) is -0.508. The zero-order valence-corrected chi connectivity index (χ0v) is 11.4. The number of thiophene rings is 1. The second-order valence-electron chi connectivity index (χ2n) is 3.48. The van der Waals surface area contributed by atoms with E-state index in [4.69, 9.17) is 0 Å². The number of halogens is 2. The first-order valence-corrected chi connectivity index (χ1v) is 6.53. The minimum Gasteiger partial charge on any atom is -0.311 e. The average Bonchev–Trinajstić information content (AvgIpc) is 2.74. The molecule has 0 fully saturated rings.